The van der Waals surface area contributed by atoms with E-state index in [4.69, 9.17) is 0 Å². The van der Waals surface area contributed by atoms with E-state index < -0.39 is 0 Å². The molecule has 0 fully saturated rings. The predicted molar refractivity (Wildman–Crippen MR) is 53.9 cm³/mol. The quantitative estimate of drug-likeness (QED) is 0.929. The minimum absolute atomic E-state index is 0.326. The molecule has 1 aromatic rings. The number of aliphatic hydroxyl groups is 1. The minimum atomic E-state index is -0.326. The molecule has 0 aromatic carbocycles. The fraction of sp³-hybridized carbons (Fsp3) is 0.571. The summed E-state index contributed by atoms with van der Waals surface area (Å²) < 4.78 is 3.37. The Labute approximate surface area is 88.0 Å². The molecule has 3 nitrogen and oxygen atoms in total. The summed E-state index contributed by atoms with van der Waals surface area (Å²) in [4.78, 5) is 0. The van der Waals surface area contributed by atoms with Crippen LogP contribution in [0, 0.1) is 0 Å². The Morgan fingerprint density at radius 2 is 2.33 bits per heavy atom. The van der Waals surface area contributed by atoms with Gasteiger partial charge >= 0.3 is 0 Å². The van der Waals surface area contributed by atoms with Gasteiger partial charge in [-0.2, -0.15) is 5.10 Å². The van der Waals surface area contributed by atoms with Crippen molar-refractivity contribution in [1.29, 1.82) is 0 Å². The molecule has 0 bridgehead atoms. The maximum atomic E-state index is 9.35. The molecule has 1 aromatic heterocycles. The van der Waals surface area contributed by atoms with E-state index in [1.807, 2.05) is 13.0 Å². The third-order valence-corrected chi connectivity index (χ3v) is 2.58. The van der Waals surface area contributed by atoms with Crippen molar-refractivity contribution >= 4 is 31.9 Å². The van der Waals surface area contributed by atoms with Crippen molar-refractivity contribution in [2.45, 2.75) is 26.0 Å². The van der Waals surface area contributed by atoms with E-state index in [1.54, 1.807) is 4.68 Å². The lowest BCUT2D eigenvalue weighted by Gasteiger charge is -2.07. The molecule has 0 saturated carbocycles. The molecule has 5 heteroatoms. The van der Waals surface area contributed by atoms with E-state index in [0.29, 0.717) is 6.54 Å². The van der Waals surface area contributed by atoms with E-state index >= 15 is 0 Å². The van der Waals surface area contributed by atoms with Gasteiger partial charge in [-0.1, -0.05) is 6.92 Å². The summed E-state index contributed by atoms with van der Waals surface area (Å²) in [6, 6.07) is 1.85. The van der Waals surface area contributed by atoms with E-state index in [0.717, 1.165) is 15.6 Å². The molecule has 0 aliphatic carbocycles. The van der Waals surface area contributed by atoms with Gasteiger partial charge in [0.1, 0.15) is 9.21 Å². The number of hydrogen-bond donors (Lipinski definition) is 1. The molecule has 0 spiro atoms. The molecular formula is C7H10Br2N2O. The van der Waals surface area contributed by atoms with Crippen LogP contribution in [-0.4, -0.2) is 21.0 Å². The second kappa shape index (κ2) is 4.39. The van der Waals surface area contributed by atoms with Crippen LogP contribution in [-0.2, 0) is 6.54 Å². The lowest BCUT2D eigenvalue weighted by Crippen LogP contribution is -2.15. The predicted octanol–water partition coefficient (Wildman–Crippen LogP) is 2.18. The largest absolute Gasteiger partial charge is 0.391 e. The first-order valence-electron chi connectivity index (χ1n) is 3.70. The van der Waals surface area contributed by atoms with E-state index in [2.05, 4.69) is 37.0 Å². The van der Waals surface area contributed by atoms with Crippen molar-refractivity contribution in [3.05, 3.63) is 15.3 Å². The van der Waals surface area contributed by atoms with Crippen molar-refractivity contribution in [1.82, 2.24) is 9.78 Å². The molecule has 12 heavy (non-hydrogen) atoms. The molecule has 0 unspecified atom stereocenters. The van der Waals surface area contributed by atoms with Crippen molar-refractivity contribution in [3.8, 4) is 0 Å². The zero-order valence-corrected chi connectivity index (χ0v) is 9.84. The Kier molecular flexibility index (Phi) is 3.74. The zero-order valence-electron chi connectivity index (χ0n) is 6.67. The Bertz CT molecular complexity index is 262. The average molecular weight is 298 g/mol. The van der Waals surface area contributed by atoms with Gasteiger partial charge in [0, 0.05) is 6.07 Å². The van der Waals surface area contributed by atoms with Gasteiger partial charge in [0.15, 0.2) is 0 Å². The van der Waals surface area contributed by atoms with Gasteiger partial charge in [0.2, 0.25) is 0 Å². The zero-order chi connectivity index (χ0) is 9.14. The number of aliphatic hydroxyl groups excluding tert-OH is 1. The summed E-state index contributed by atoms with van der Waals surface area (Å²) in [5.74, 6) is 0. The normalized spacial score (nSPS) is 13.3. The molecule has 0 aliphatic heterocycles. The molecule has 1 N–H and O–H groups in total. The smallest absolute Gasteiger partial charge is 0.129 e. The Hall–Kier alpha value is 0.130. The second-order valence-corrected chi connectivity index (χ2v) is 4.16. The fourth-order valence-corrected chi connectivity index (χ4v) is 1.98. The highest BCUT2D eigenvalue weighted by Gasteiger charge is 2.07. The van der Waals surface area contributed by atoms with E-state index in [-0.39, 0.29) is 6.10 Å². The topological polar surface area (TPSA) is 38.0 Å². The van der Waals surface area contributed by atoms with Crippen LogP contribution < -0.4 is 0 Å². The summed E-state index contributed by atoms with van der Waals surface area (Å²) in [6.45, 7) is 2.47. The van der Waals surface area contributed by atoms with Gasteiger partial charge in [0.05, 0.1) is 12.6 Å². The van der Waals surface area contributed by atoms with Crippen LogP contribution in [0.2, 0.25) is 0 Å². The summed E-state index contributed by atoms with van der Waals surface area (Å²) in [5, 5.41) is 13.5. The van der Waals surface area contributed by atoms with Gasteiger partial charge < -0.3 is 5.11 Å². The van der Waals surface area contributed by atoms with Crippen LogP contribution in [0.3, 0.4) is 0 Å². The van der Waals surface area contributed by atoms with Gasteiger partial charge in [-0.15, -0.1) is 0 Å². The molecule has 1 atom stereocenters. The molecule has 0 radical (unpaired) electrons. The van der Waals surface area contributed by atoms with Crippen molar-refractivity contribution < 1.29 is 5.11 Å². The summed E-state index contributed by atoms with van der Waals surface area (Å²) in [7, 11) is 0. The van der Waals surface area contributed by atoms with Gasteiger partial charge in [0.25, 0.3) is 0 Å². The maximum absolute atomic E-state index is 9.35. The highest BCUT2D eigenvalue weighted by molar-refractivity contribution is 9.11. The van der Waals surface area contributed by atoms with Crippen molar-refractivity contribution in [3.63, 3.8) is 0 Å². The Morgan fingerprint density at radius 3 is 2.75 bits per heavy atom. The van der Waals surface area contributed by atoms with Crippen molar-refractivity contribution in [2.75, 3.05) is 0 Å². The van der Waals surface area contributed by atoms with Crippen LogP contribution in [0.15, 0.2) is 15.3 Å². The SMILES string of the molecule is CC[C@H](O)Cn1nc(Br)cc1Br. The van der Waals surface area contributed by atoms with Crippen LogP contribution in [0.25, 0.3) is 0 Å². The summed E-state index contributed by atoms with van der Waals surface area (Å²) in [6.07, 6.45) is 0.414. The summed E-state index contributed by atoms with van der Waals surface area (Å²) in [5.41, 5.74) is 0. The van der Waals surface area contributed by atoms with Gasteiger partial charge in [-0.3, -0.25) is 4.68 Å². The standard InChI is InChI=1S/C7H10Br2N2O/c1-2-5(12)4-11-7(9)3-6(8)10-11/h3,5,12H,2,4H2,1H3/t5-/m0/s1. The highest BCUT2D eigenvalue weighted by atomic mass is 79.9. The lowest BCUT2D eigenvalue weighted by molar-refractivity contribution is 0.144. The van der Waals surface area contributed by atoms with Crippen LogP contribution in [0.4, 0.5) is 0 Å². The van der Waals surface area contributed by atoms with E-state index in [9.17, 15) is 5.11 Å². The van der Waals surface area contributed by atoms with E-state index in [1.165, 1.54) is 0 Å². The number of aromatic nitrogens is 2. The first-order chi connectivity index (χ1) is 5.63. The van der Waals surface area contributed by atoms with Crippen molar-refractivity contribution in [2.24, 2.45) is 0 Å². The fourth-order valence-electron chi connectivity index (χ4n) is 0.821. The Morgan fingerprint density at radius 1 is 1.67 bits per heavy atom. The summed E-state index contributed by atoms with van der Waals surface area (Å²) >= 11 is 6.59. The molecular weight excluding hydrogens is 288 g/mol. The van der Waals surface area contributed by atoms with Crippen LogP contribution in [0.1, 0.15) is 13.3 Å². The molecule has 1 rings (SSSR count). The molecule has 0 saturated heterocycles. The van der Waals surface area contributed by atoms with Gasteiger partial charge in [-0.25, -0.2) is 0 Å². The highest BCUT2D eigenvalue weighted by Crippen LogP contribution is 2.16. The van der Waals surface area contributed by atoms with Gasteiger partial charge in [-0.05, 0) is 38.3 Å². The molecule has 0 amide bonds. The first-order valence-corrected chi connectivity index (χ1v) is 5.29. The number of rotatable bonds is 3. The lowest BCUT2D eigenvalue weighted by atomic mass is 10.3. The maximum Gasteiger partial charge on any atom is 0.129 e. The minimum Gasteiger partial charge on any atom is -0.391 e. The molecule has 0 aliphatic rings. The number of halogens is 2. The number of hydrogen-bond acceptors (Lipinski definition) is 2. The third-order valence-electron chi connectivity index (χ3n) is 1.56. The second-order valence-electron chi connectivity index (χ2n) is 2.53. The molecule has 68 valence electrons. The monoisotopic (exact) mass is 296 g/mol. The first kappa shape index (κ1) is 10.2. The third kappa shape index (κ3) is 2.57. The average Bonchev–Trinajstić information content (AvgIpc) is 2.30. The Balaban J connectivity index is 2.68. The molecule has 1 heterocycles. The van der Waals surface area contributed by atoms with Crippen LogP contribution >= 0.6 is 31.9 Å². The number of nitrogens with zero attached hydrogens (tertiary/aromatic N) is 2. The van der Waals surface area contributed by atoms with Crippen LogP contribution in [0.5, 0.6) is 0 Å².